The number of carbonyl (C=O) groups excluding carboxylic acids is 2. The molecule has 0 spiro atoms. The molecule has 1 aromatic heterocycles. The van der Waals surface area contributed by atoms with E-state index < -0.39 is 17.9 Å². The zero-order chi connectivity index (χ0) is 18.2. The van der Waals surface area contributed by atoms with Crippen molar-refractivity contribution in [2.45, 2.75) is 32.2 Å². The second kappa shape index (κ2) is 8.98. The minimum atomic E-state index is -1.05. The highest BCUT2D eigenvalue weighted by atomic mass is 32.1. The molecule has 1 aromatic carbocycles. The van der Waals surface area contributed by atoms with Crippen LogP contribution in [0.2, 0.25) is 0 Å². The number of hydrogen-bond donors (Lipinski definition) is 3. The van der Waals surface area contributed by atoms with Crippen molar-refractivity contribution in [3.8, 4) is 0 Å². The minimum absolute atomic E-state index is 0.251. The van der Waals surface area contributed by atoms with Crippen LogP contribution >= 0.6 is 11.3 Å². The Labute approximate surface area is 149 Å². The summed E-state index contributed by atoms with van der Waals surface area (Å²) in [6, 6.07) is 8.99. The number of unbranched alkanes of at least 4 members (excludes halogenated alkanes) is 1. The van der Waals surface area contributed by atoms with Crippen LogP contribution in [0.15, 0.2) is 41.8 Å². The smallest absolute Gasteiger partial charge is 0.326 e. The number of carboxylic acids is 1. The molecule has 0 aliphatic heterocycles. The van der Waals surface area contributed by atoms with Crippen LogP contribution in [0.5, 0.6) is 0 Å². The molecule has 3 N–H and O–H groups in total. The topological polar surface area (TPSA) is 95.5 Å². The van der Waals surface area contributed by atoms with Gasteiger partial charge in [0.1, 0.15) is 6.04 Å². The van der Waals surface area contributed by atoms with Gasteiger partial charge in [0.2, 0.25) is 0 Å². The van der Waals surface area contributed by atoms with Crippen LogP contribution in [0.4, 0.5) is 5.69 Å². The van der Waals surface area contributed by atoms with Crippen LogP contribution < -0.4 is 10.6 Å². The molecule has 6 nitrogen and oxygen atoms in total. The lowest BCUT2D eigenvalue weighted by Gasteiger charge is -2.14. The number of aliphatic carboxylic acids is 1. The van der Waals surface area contributed by atoms with Crippen molar-refractivity contribution in [1.29, 1.82) is 0 Å². The van der Waals surface area contributed by atoms with Crippen molar-refractivity contribution in [3.05, 3.63) is 52.2 Å². The monoisotopic (exact) mass is 360 g/mol. The van der Waals surface area contributed by atoms with E-state index in [0.29, 0.717) is 29.0 Å². The van der Waals surface area contributed by atoms with Gasteiger partial charge in [-0.25, -0.2) is 4.79 Å². The average molecular weight is 360 g/mol. The zero-order valence-corrected chi connectivity index (χ0v) is 14.6. The molecule has 0 aliphatic rings. The summed E-state index contributed by atoms with van der Waals surface area (Å²) in [5.74, 6) is -1.78. The minimum Gasteiger partial charge on any atom is -0.480 e. The number of hydrogen-bond acceptors (Lipinski definition) is 4. The van der Waals surface area contributed by atoms with Gasteiger partial charge in [0, 0.05) is 11.3 Å². The number of benzene rings is 1. The Balaban J connectivity index is 2.05. The first kappa shape index (κ1) is 18.7. The van der Waals surface area contributed by atoms with Gasteiger partial charge in [-0.15, -0.1) is 11.3 Å². The maximum atomic E-state index is 12.3. The molecule has 1 heterocycles. The van der Waals surface area contributed by atoms with Gasteiger partial charge in [0.05, 0.1) is 4.88 Å². The van der Waals surface area contributed by atoms with Gasteiger partial charge in [-0.1, -0.05) is 31.9 Å². The number of amides is 2. The molecule has 0 radical (unpaired) electrons. The first-order chi connectivity index (χ1) is 12.0. The largest absolute Gasteiger partial charge is 0.480 e. The Kier molecular flexibility index (Phi) is 6.71. The molecule has 0 bridgehead atoms. The van der Waals surface area contributed by atoms with Crippen molar-refractivity contribution in [2.24, 2.45) is 0 Å². The van der Waals surface area contributed by atoms with Gasteiger partial charge >= 0.3 is 5.97 Å². The van der Waals surface area contributed by atoms with Gasteiger partial charge in [0.15, 0.2) is 0 Å². The van der Waals surface area contributed by atoms with Crippen LogP contribution in [0, 0.1) is 0 Å². The van der Waals surface area contributed by atoms with Crippen molar-refractivity contribution < 1.29 is 19.5 Å². The fourth-order valence-corrected chi connectivity index (χ4v) is 2.86. The normalized spacial score (nSPS) is 11.6. The van der Waals surface area contributed by atoms with Crippen LogP contribution in [0.1, 0.15) is 46.2 Å². The number of thiophene rings is 1. The fourth-order valence-electron chi connectivity index (χ4n) is 2.25. The van der Waals surface area contributed by atoms with Crippen LogP contribution in [0.3, 0.4) is 0 Å². The van der Waals surface area contributed by atoms with E-state index in [-0.39, 0.29) is 5.91 Å². The van der Waals surface area contributed by atoms with Crippen molar-refractivity contribution >= 4 is 34.8 Å². The molecule has 0 saturated heterocycles. The number of anilines is 1. The lowest BCUT2D eigenvalue weighted by Crippen LogP contribution is -2.40. The van der Waals surface area contributed by atoms with Crippen molar-refractivity contribution in [3.63, 3.8) is 0 Å². The highest BCUT2D eigenvalue weighted by molar-refractivity contribution is 7.12. The molecule has 1 atom stereocenters. The van der Waals surface area contributed by atoms with E-state index in [9.17, 15) is 19.5 Å². The predicted octanol–water partition coefficient (Wildman–Crippen LogP) is 3.37. The third kappa shape index (κ3) is 5.42. The summed E-state index contributed by atoms with van der Waals surface area (Å²) >= 11 is 1.32. The Morgan fingerprint density at radius 3 is 2.60 bits per heavy atom. The third-order valence-corrected chi connectivity index (χ3v) is 4.45. The summed E-state index contributed by atoms with van der Waals surface area (Å²) in [6.45, 7) is 1.96. The second-order valence-corrected chi connectivity index (χ2v) is 6.47. The SMILES string of the molecule is CCCC[C@H](NC(=O)c1cccc(NC(=O)c2cccs2)c1)C(=O)O. The fraction of sp³-hybridized carbons (Fsp3) is 0.278. The number of carboxylic acid groups (broad SMARTS) is 1. The highest BCUT2D eigenvalue weighted by Crippen LogP contribution is 2.15. The Bertz CT molecular complexity index is 743. The van der Waals surface area contributed by atoms with Crippen LogP contribution in [0.25, 0.3) is 0 Å². The summed E-state index contributed by atoms with van der Waals surface area (Å²) < 4.78 is 0. The van der Waals surface area contributed by atoms with Crippen molar-refractivity contribution in [1.82, 2.24) is 5.32 Å². The Hall–Kier alpha value is -2.67. The van der Waals surface area contributed by atoms with Gasteiger partial charge in [-0.3, -0.25) is 9.59 Å². The van der Waals surface area contributed by atoms with Crippen LogP contribution in [-0.4, -0.2) is 28.9 Å². The molecule has 7 heteroatoms. The molecule has 0 aliphatic carbocycles. The number of rotatable bonds is 8. The van der Waals surface area contributed by atoms with E-state index >= 15 is 0 Å². The first-order valence-corrected chi connectivity index (χ1v) is 8.87. The maximum absolute atomic E-state index is 12.3. The van der Waals surface area contributed by atoms with Crippen molar-refractivity contribution in [2.75, 3.05) is 5.32 Å². The van der Waals surface area contributed by atoms with Gasteiger partial charge in [-0.05, 0) is 36.1 Å². The summed E-state index contributed by atoms with van der Waals surface area (Å²) in [7, 11) is 0. The molecule has 2 rings (SSSR count). The quantitative estimate of drug-likeness (QED) is 0.672. The number of carbonyl (C=O) groups is 3. The molecular formula is C18H20N2O4S. The molecule has 0 fully saturated rings. The van der Waals surface area contributed by atoms with E-state index in [2.05, 4.69) is 10.6 Å². The standard InChI is InChI=1S/C18H20N2O4S/c1-2-3-8-14(18(23)24)20-16(21)12-6-4-7-13(11-12)19-17(22)15-9-5-10-25-15/h4-7,9-11,14H,2-3,8H2,1H3,(H,19,22)(H,20,21)(H,23,24)/t14-/m0/s1. The summed E-state index contributed by atoms with van der Waals surface area (Å²) in [5, 5.41) is 16.3. The molecule has 132 valence electrons. The second-order valence-electron chi connectivity index (χ2n) is 5.52. The zero-order valence-electron chi connectivity index (χ0n) is 13.8. The summed E-state index contributed by atoms with van der Waals surface area (Å²) in [4.78, 5) is 36.2. The molecular weight excluding hydrogens is 340 g/mol. The third-order valence-electron chi connectivity index (χ3n) is 3.58. The van der Waals surface area contributed by atoms with Gasteiger partial charge in [-0.2, -0.15) is 0 Å². The van der Waals surface area contributed by atoms with Gasteiger partial charge < -0.3 is 15.7 Å². The van der Waals surface area contributed by atoms with E-state index in [0.717, 1.165) is 6.42 Å². The van der Waals surface area contributed by atoms with E-state index in [1.807, 2.05) is 6.92 Å². The lowest BCUT2D eigenvalue weighted by molar-refractivity contribution is -0.139. The van der Waals surface area contributed by atoms with E-state index in [4.69, 9.17) is 0 Å². The molecule has 0 saturated carbocycles. The average Bonchev–Trinajstić information content (AvgIpc) is 3.13. The van der Waals surface area contributed by atoms with Gasteiger partial charge in [0.25, 0.3) is 11.8 Å². The maximum Gasteiger partial charge on any atom is 0.326 e. The first-order valence-electron chi connectivity index (χ1n) is 8.00. The summed E-state index contributed by atoms with van der Waals surface area (Å²) in [5.41, 5.74) is 0.776. The van der Waals surface area contributed by atoms with E-state index in [1.54, 1.807) is 35.7 Å². The van der Waals surface area contributed by atoms with Crippen LogP contribution in [-0.2, 0) is 4.79 Å². The molecule has 0 unspecified atom stereocenters. The highest BCUT2D eigenvalue weighted by Gasteiger charge is 2.20. The Morgan fingerprint density at radius 1 is 1.16 bits per heavy atom. The number of nitrogens with one attached hydrogen (secondary N) is 2. The lowest BCUT2D eigenvalue weighted by atomic mass is 10.1. The molecule has 2 amide bonds. The summed E-state index contributed by atoms with van der Waals surface area (Å²) in [6.07, 6.45) is 1.95. The molecule has 2 aromatic rings. The van der Waals surface area contributed by atoms with E-state index in [1.165, 1.54) is 17.4 Å². The Morgan fingerprint density at radius 2 is 1.96 bits per heavy atom. The molecule has 25 heavy (non-hydrogen) atoms. The predicted molar refractivity (Wildman–Crippen MR) is 97.1 cm³/mol.